The topological polar surface area (TPSA) is 128 Å². The number of halogens is 1. The van der Waals surface area contributed by atoms with Crippen LogP contribution >= 0.6 is 11.6 Å². The van der Waals surface area contributed by atoms with Gasteiger partial charge in [-0.2, -0.15) is 0 Å². The number of hydrogen-bond acceptors (Lipinski definition) is 9. The minimum absolute atomic E-state index is 0.276. The Hall–Kier alpha value is -4.87. The van der Waals surface area contributed by atoms with Crippen molar-refractivity contribution in [2.45, 2.75) is 45.9 Å². The van der Waals surface area contributed by atoms with Crippen LogP contribution < -0.4 is 5.32 Å². The molecular formula is C40H39ClN6O4. The fourth-order valence-corrected chi connectivity index (χ4v) is 7.81. The molecule has 11 heteroatoms. The second kappa shape index (κ2) is 13.7. The number of carboxylic acids is 1. The van der Waals surface area contributed by atoms with E-state index in [4.69, 9.17) is 26.0 Å². The zero-order chi connectivity index (χ0) is 35.2. The Kier molecular flexibility index (Phi) is 8.93. The number of aromatic nitrogens is 3. The molecule has 0 radical (unpaired) electrons. The summed E-state index contributed by atoms with van der Waals surface area (Å²) in [6, 6.07) is 20.4. The lowest BCUT2D eigenvalue weighted by Gasteiger charge is -2.17. The summed E-state index contributed by atoms with van der Waals surface area (Å²) in [7, 11) is 0. The maximum atomic E-state index is 11.4. The van der Waals surface area contributed by atoms with Crippen LogP contribution in [0.25, 0.3) is 44.6 Å². The molecule has 0 saturated carbocycles. The lowest BCUT2D eigenvalue weighted by molar-refractivity contribution is -0.141. The molecule has 0 bridgehead atoms. The standard InChI is InChI=1S/C40H39ClN6O4/c1-23-30(5-3-7-32(23)39-45-35-17-25(16-33(41)37(35)51-39)19-47-14-11-29(48)22-47)31-6-4-8-34(24(31)2)44-38-36-27(9-12-42-38)15-26(18-43-36)20-46-13-10-28(21-46)40(49)50/h3-9,12,15-18,28-29,48H,10-11,13-14,19-22H2,1-2H3,(H,42,44)(H,49,50)/t28-,29-/m1/s1. The van der Waals surface area contributed by atoms with Crippen LogP contribution in [0.15, 0.2) is 77.5 Å². The zero-order valence-corrected chi connectivity index (χ0v) is 29.3. The number of nitrogens with zero attached hydrogens (tertiary/aromatic N) is 5. The largest absolute Gasteiger partial charge is 0.481 e. The number of aliphatic hydroxyl groups excluding tert-OH is 1. The Morgan fingerprint density at radius 2 is 1.67 bits per heavy atom. The minimum atomic E-state index is -0.725. The minimum Gasteiger partial charge on any atom is -0.481 e. The summed E-state index contributed by atoms with van der Waals surface area (Å²) in [5.74, 6) is 0.154. The number of rotatable bonds is 9. The molecule has 2 atom stereocenters. The highest BCUT2D eigenvalue weighted by Gasteiger charge is 2.28. The Balaban J connectivity index is 1.05. The Morgan fingerprint density at radius 3 is 2.45 bits per heavy atom. The predicted molar refractivity (Wildman–Crippen MR) is 199 cm³/mol. The molecule has 3 aromatic heterocycles. The molecule has 2 fully saturated rings. The van der Waals surface area contributed by atoms with Gasteiger partial charge in [-0.15, -0.1) is 0 Å². The first-order chi connectivity index (χ1) is 24.7. The van der Waals surface area contributed by atoms with E-state index in [0.29, 0.717) is 60.4 Å². The van der Waals surface area contributed by atoms with Crippen molar-refractivity contribution in [3.8, 4) is 22.6 Å². The SMILES string of the molecule is Cc1c(Nc2nccc3cc(CN4CC[C@@H](C(=O)O)C4)cnc23)cccc1-c1cccc(-c2nc3cc(CN4CC[C@@H](O)C4)cc(Cl)c3o2)c1C. The van der Waals surface area contributed by atoms with Crippen molar-refractivity contribution < 1.29 is 19.4 Å². The lowest BCUT2D eigenvalue weighted by atomic mass is 9.93. The summed E-state index contributed by atoms with van der Waals surface area (Å²) in [4.78, 5) is 30.1. The van der Waals surface area contributed by atoms with Crippen LogP contribution in [0.3, 0.4) is 0 Å². The van der Waals surface area contributed by atoms with Gasteiger partial charge in [0, 0.05) is 61.8 Å². The van der Waals surface area contributed by atoms with E-state index in [9.17, 15) is 15.0 Å². The smallest absolute Gasteiger partial charge is 0.307 e. The number of aliphatic carboxylic acids is 1. The number of fused-ring (bicyclic) bond motifs is 2. The quantitative estimate of drug-likeness (QED) is 0.139. The number of carboxylic acid groups (broad SMARTS) is 1. The molecule has 3 aromatic carbocycles. The molecule has 51 heavy (non-hydrogen) atoms. The Morgan fingerprint density at radius 1 is 0.922 bits per heavy atom. The summed E-state index contributed by atoms with van der Waals surface area (Å²) in [5, 5.41) is 24.4. The maximum absolute atomic E-state index is 11.4. The number of aliphatic hydroxyl groups is 1. The Labute approximate surface area is 300 Å². The molecule has 0 spiro atoms. The molecular weight excluding hydrogens is 664 g/mol. The zero-order valence-electron chi connectivity index (χ0n) is 28.6. The van der Waals surface area contributed by atoms with Gasteiger partial charge in [0.1, 0.15) is 11.0 Å². The summed E-state index contributed by atoms with van der Waals surface area (Å²) >= 11 is 6.70. The third-order valence-electron chi connectivity index (χ3n) is 10.3. The van der Waals surface area contributed by atoms with E-state index in [1.54, 1.807) is 6.20 Å². The van der Waals surface area contributed by atoms with Gasteiger partial charge in [0.15, 0.2) is 11.4 Å². The average Bonchev–Trinajstić information content (AvgIpc) is 3.86. The molecule has 10 nitrogen and oxygen atoms in total. The lowest BCUT2D eigenvalue weighted by Crippen LogP contribution is -2.22. The van der Waals surface area contributed by atoms with Crippen LogP contribution in [0.1, 0.15) is 35.1 Å². The van der Waals surface area contributed by atoms with Crippen LogP contribution in [-0.2, 0) is 17.9 Å². The summed E-state index contributed by atoms with van der Waals surface area (Å²) < 4.78 is 6.28. The van der Waals surface area contributed by atoms with E-state index < -0.39 is 5.97 Å². The number of hydrogen-bond donors (Lipinski definition) is 3. The maximum Gasteiger partial charge on any atom is 0.307 e. The van der Waals surface area contributed by atoms with Crippen LogP contribution in [0.4, 0.5) is 11.5 Å². The highest BCUT2D eigenvalue weighted by atomic mass is 35.5. The van der Waals surface area contributed by atoms with E-state index in [1.807, 2.05) is 48.7 Å². The molecule has 6 aromatic rings. The van der Waals surface area contributed by atoms with Gasteiger partial charge in [-0.25, -0.2) is 9.97 Å². The van der Waals surface area contributed by atoms with E-state index in [1.165, 1.54) is 0 Å². The van der Waals surface area contributed by atoms with Crippen molar-refractivity contribution in [3.63, 3.8) is 0 Å². The van der Waals surface area contributed by atoms with Gasteiger partial charge in [-0.05, 0) is 103 Å². The van der Waals surface area contributed by atoms with Crippen molar-refractivity contribution >= 4 is 51.1 Å². The van der Waals surface area contributed by atoms with E-state index in [2.05, 4.69) is 52.1 Å². The molecule has 8 rings (SSSR count). The van der Waals surface area contributed by atoms with E-state index in [-0.39, 0.29) is 12.0 Å². The van der Waals surface area contributed by atoms with Gasteiger partial charge < -0.3 is 19.9 Å². The number of likely N-dealkylation sites (tertiary alicyclic amines) is 2. The molecule has 0 unspecified atom stereocenters. The van der Waals surface area contributed by atoms with Crippen molar-refractivity contribution in [2.75, 3.05) is 31.5 Å². The third kappa shape index (κ3) is 6.68. The summed E-state index contributed by atoms with van der Waals surface area (Å²) in [5.41, 5.74) is 10.2. The molecule has 0 amide bonds. The van der Waals surface area contributed by atoms with Crippen molar-refractivity contribution in [1.29, 1.82) is 0 Å². The van der Waals surface area contributed by atoms with E-state index in [0.717, 1.165) is 75.0 Å². The first kappa shape index (κ1) is 33.3. The van der Waals surface area contributed by atoms with Crippen molar-refractivity contribution in [3.05, 3.63) is 100 Å². The van der Waals surface area contributed by atoms with E-state index >= 15 is 0 Å². The number of pyridine rings is 2. The first-order valence-corrected chi connectivity index (χ1v) is 17.7. The normalized spacial score (nSPS) is 18.3. The second-order valence-corrected chi connectivity index (χ2v) is 14.2. The fraction of sp³-hybridized carbons (Fsp3) is 0.300. The molecule has 0 aliphatic carbocycles. The number of carbonyl (C=O) groups is 1. The molecule has 260 valence electrons. The number of β-amino-alcohol motifs (C(OH)–C–C–N with tert-alkyl or cyclic N) is 1. The second-order valence-electron chi connectivity index (χ2n) is 13.8. The highest BCUT2D eigenvalue weighted by Crippen LogP contribution is 2.38. The number of benzene rings is 3. The highest BCUT2D eigenvalue weighted by molar-refractivity contribution is 6.34. The molecule has 2 aliphatic heterocycles. The van der Waals surface area contributed by atoms with Gasteiger partial charge in [0.2, 0.25) is 5.89 Å². The molecule has 2 saturated heterocycles. The van der Waals surface area contributed by atoms with Crippen LogP contribution in [-0.4, -0.2) is 73.2 Å². The summed E-state index contributed by atoms with van der Waals surface area (Å²) in [6.07, 6.45) is 4.83. The first-order valence-electron chi connectivity index (χ1n) is 17.4. The third-order valence-corrected chi connectivity index (χ3v) is 10.6. The monoisotopic (exact) mass is 702 g/mol. The van der Waals surface area contributed by atoms with Gasteiger partial charge in [0.25, 0.3) is 0 Å². The molecule has 3 N–H and O–H groups in total. The number of oxazole rings is 1. The average molecular weight is 703 g/mol. The van der Waals surface area contributed by atoms with Gasteiger partial charge in [-0.1, -0.05) is 35.9 Å². The van der Waals surface area contributed by atoms with Gasteiger partial charge >= 0.3 is 5.97 Å². The van der Waals surface area contributed by atoms with Crippen LogP contribution in [0.5, 0.6) is 0 Å². The van der Waals surface area contributed by atoms with Crippen LogP contribution in [0, 0.1) is 19.8 Å². The predicted octanol–water partition coefficient (Wildman–Crippen LogP) is 7.59. The molecule has 5 heterocycles. The van der Waals surface area contributed by atoms with Gasteiger partial charge in [-0.3, -0.25) is 19.6 Å². The number of anilines is 2. The fourth-order valence-electron chi connectivity index (χ4n) is 7.54. The number of nitrogens with one attached hydrogen (secondary N) is 1. The van der Waals surface area contributed by atoms with Crippen LogP contribution in [0.2, 0.25) is 5.02 Å². The van der Waals surface area contributed by atoms with Crippen molar-refractivity contribution in [1.82, 2.24) is 24.8 Å². The van der Waals surface area contributed by atoms with Gasteiger partial charge in [0.05, 0.1) is 17.0 Å². The molecule has 2 aliphatic rings. The Bertz CT molecular complexity index is 2290. The summed E-state index contributed by atoms with van der Waals surface area (Å²) in [6.45, 7) is 8.40. The van der Waals surface area contributed by atoms with Crippen molar-refractivity contribution in [2.24, 2.45) is 5.92 Å².